The average Bonchev–Trinajstić information content (AvgIpc) is 2.53. The fourth-order valence-electron chi connectivity index (χ4n) is 5.43. The first kappa shape index (κ1) is 20.8. The molecular weight excluding hydrogens is 339 g/mol. The molecule has 25 heavy (non-hydrogen) atoms. The van der Waals surface area contributed by atoms with Crippen molar-refractivity contribution in [2.45, 2.75) is 65.7 Å². The summed E-state index contributed by atoms with van der Waals surface area (Å²) in [5, 5.41) is 0. The van der Waals surface area contributed by atoms with Crippen molar-refractivity contribution in [1.29, 1.82) is 0 Å². The van der Waals surface area contributed by atoms with Crippen molar-refractivity contribution in [1.82, 2.24) is 0 Å². The van der Waals surface area contributed by atoms with Crippen LogP contribution in [0, 0.1) is 22.7 Å². The molecule has 2 fully saturated rings. The van der Waals surface area contributed by atoms with Crippen LogP contribution in [0.5, 0.6) is 0 Å². The second kappa shape index (κ2) is 7.62. The minimum atomic E-state index is -3.32. The van der Waals surface area contributed by atoms with Gasteiger partial charge in [-0.25, -0.2) is 0 Å². The van der Waals surface area contributed by atoms with Gasteiger partial charge in [-0.15, -0.1) is 0 Å². The van der Waals surface area contributed by atoms with Gasteiger partial charge in [0.05, 0.1) is 0 Å². The molecule has 0 aliphatic heterocycles. The second-order valence-corrected chi connectivity index (χ2v) is 10.9. The highest BCUT2D eigenvalue weighted by Crippen LogP contribution is 2.59. The molecule has 0 aromatic heterocycles. The number of fused-ring (bicyclic) bond motifs is 1. The SMILES string of the molecule is COP(=O)(CC(=O)CC[C@@H]1C(=O)CC[C@H]2C(C)(C)CCC[C@]12C)OC. The molecule has 144 valence electrons. The molecule has 0 aromatic carbocycles. The van der Waals surface area contributed by atoms with Gasteiger partial charge in [0.1, 0.15) is 17.7 Å². The van der Waals surface area contributed by atoms with Crippen LogP contribution in [-0.4, -0.2) is 31.9 Å². The standard InChI is InChI=1S/C19H33O5P/c1-18(2)11-6-12-19(3)15(16(21)9-10-17(18)19)8-7-14(20)13-25(22,23-4)24-5/h15,17H,6-13H2,1-5H3/t15-,17+,19-/m1/s1. The van der Waals surface area contributed by atoms with Crippen molar-refractivity contribution >= 4 is 19.2 Å². The molecule has 0 N–H and O–H groups in total. The molecule has 0 radical (unpaired) electrons. The summed E-state index contributed by atoms with van der Waals surface area (Å²) in [5.41, 5.74) is 0.224. The Balaban J connectivity index is 2.08. The predicted octanol–water partition coefficient (Wildman–Crippen LogP) is 4.63. The Kier molecular flexibility index (Phi) is 6.34. The fraction of sp³-hybridized carbons (Fsp3) is 0.895. The minimum Gasteiger partial charge on any atom is -0.312 e. The van der Waals surface area contributed by atoms with Crippen LogP contribution in [-0.2, 0) is 23.2 Å². The highest BCUT2D eigenvalue weighted by atomic mass is 31.2. The molecule has 2 aliphatic rings. The summed E-state index contributed by atoms with van der Waals surface area (Å²) in [5.74, 6) is 0.599. The van der Waals surface area contributed by atoms with Gasteiger partial charge in [-0.3, -0.25) is 14.2 Å². The van der Waals surface area contributed by atoms with Gasteiger partial charge in [-0.2, -0.15) is 0 Å². The molecule has 6 heteroatoms. The summed E-state index contributed by atoms with van der Waals surface area (Å²) in [6.07, 6.45) is 5.58. The third kappa shape index (κ3) is 4.26. The zero-order chi connectivity index (χ0) is 18.9. The van der Waals surface area contributed by atoms with Gasteiger partial charge in [0, 0.05) is 33.0 Å². The van der Waals surface area contributed by atoms with E-state index in [9.17, 15) is 14.2 Å². The van der Waals surface area contributed by atoms with Gasteiger partial charge >= 0.3 is 7.60 Å². The average molecular weight is 372 g/mol. The van der Waals surface area contributed by atoms with Crippen molar-refractivity contribution in [2.24, 2.45) is 22.7 Å². The van der Waals surface area contributed by atoms with E-state index < -0.39 is 7.60 Å². The van der Waals surface area contributed by atoms with E-state index in [-0.39, 0.29) is 35.1 Å². The van der Waals surface area contributed by atoms with Crippen LogP contribution < -0.4 is 0 Å². The van der Waals surface area contributed by atoms with E-state index in [2.05, 4.69) is 20.8 Å². The van der Waals surface area contributed by atoms with E-state index in [1.165, 1.54) is 20.6 Å². The summed E-state index contributed by atoms with van der Waals surface area (Å²) in [6, 6.07) is 0. The number of ketones is 2. The number of rotatable bonds is 7. The molecule has 0 saturated heterocycles. The Hall–Kier alpha value is -0.510. The van der Waals surface area contributed by atoms with Crippen molar-refractivity contribution in [3.05, 3.63) is 0 Å². The van der Waals surface area contributed by atoms with E-state index >= 15 is 0 Å². The molecule has 5 nitrogen and oxygen atoms in total. The lowest BCUT2D eigenvalue weighted by molar-refractivity contribution is -0.143. The summed E-state index contributed by atoms with van der Waals surface area (Å²) < 4.78 is 21.8. The predicted molar refractivity (Wildman–Crippen MR) is 97.7 cm³/mol. The molecule has 0 amide bonds. The number of carbonyl (C=O) groups is 2. The Morgan fingerprint density at radius 2 is 1.84 bits per heavy atom. The third-order valence-electron chi connectivity index (χ3n) is 6.78. The van der Waals surface area contributed by atoms with E-state index in [1.807, 2.05) is 0 Å². The number of Topliss-reactive ketones (excluding diaryl/α,β-unsaturated/α-hetero) is 2. The highest BCUT2D eigenvalue weighted by Gasteiger charge is 2.54. The highest BCUT2D eigenvalue weighted by molar-refractivity contribution is 7.54. The van der Waals surface area contributed by atoms with Gasteiger partial charge in [-0.05, 0) is 42.4 Å². The first-order chi connectivity index (χ1) is 11.6. The number of hydrogen-bond acceptors (Lipinski definition) is 5. The minimum absolute atomic E-state index is 0.0242. The maximum atomic E-state index is 12.7. The zero-order valence-electron chi connectivity index (χ0n) is 16.3. The Morgan fingerprint density at radius 1 is 1.20 bits per heavy atom. The van der Waals surface area contributed by atoms with Gasteiger partial charge in [0.15, 0.2) is 0 Å². The molecule has 0 bridgehead atoms. The van der Waals surface area contributed by atoms with Gasteiger partial charge in [0.25, 0.3) is 0 Å². The first-order valence-corrected chi connectivity index (χ1v) is 11.1. The molecule has 0 spiro atoms. The summed E-state index contributed by atoms with van der Waals surface area (Å²) in [4.78, 5) is 24.9. The lowest BCUT2D eigenvalue weighted by atomic mass is 9.47. The van der Waals surface area contributed by atoms with E-state index in [1.54, 1.807) is 0 Å². The Bertz CT molecular complexity index is 562. The van der Waals surface area contributed by atoms with Crippen molar-refractivity contribution < 1.29 is 23.2 Å². The second-order valence-electron chi connectivity index (χ2n) is 8.67. The topological polar surface area (TPSA) is 69.7 Å². The molecule has 2 saturated carbocycles. The van der Waals surface area contributed by atoms with Crippen molar-refractivity contribution in [2.75, 3.05) is 20.4 Å². The Morgan fingerprint density at radius 3 is 2.44 bits per heavy atom. The van der Waals surface area contributed by atoms with Crippen LogP contribution >= 0.6 is 7.60 Å². The maximum Gasteiger partial charge on any atom is 0.337 e. The third-order valence-corrected chi connectivity index (χ3v) is 8.63. The quantitative estimate of drug-likeness (QED) is 0.609. The monoisotopic (exact) mass is 372 g/mol. The Labute approximate surface area is 151 Å². The normalized spacial score (nSPS) is 32.3. The molecular formula is C19H33O5P. The summed E-state index contributed by atoms with van der Waals surface area (Å²) >= 11 is 0. The van der Waals surface area contributed by atoms with E-state index in [4.69, 9.17) is 9.05 Å². The summed E-state index contributed by atoms with van der Waals surface area (Å²) in [7, 11) is -0.744. The lowest BCUT2D eigenvalue weighted by Gasteiger charge is -2.56. The number of hydrogen-bond donors (Lipinski definition) is 0. The molecule has 3 atom stereocenters. The first-order valence-electron chi connectivity index (χ1n) is 9.33. The molecule has 2 aliphatic carbocycles. The molecule has 0 heterocycles. The lowest BCUT2D eigenvalue weighted by Crippen LogP contribution is -2.52. The molecule has 0 unspecified atom stereocenters. The van der Waals surface area contributed by atoms with Gasteiger partial charge in [0.2, 0.25) is 0 Å². The zero-order valence-corrected chi connectivity index (χ0v) is 17.2. The van der Waals surface area contributed by atoms with Crippen molar-refractivity contribution in [3.63, 3.8) is 0 Å². The largest absolute Gasteiger partial charge is 0.337 e. The van der Waals surface area contributed by atoms with E-state index in [0.29, 0.717) is 24.5 Å². The molecule has 0 aromatic rings. The molecule has 2 rings (SSSR count). The summed E-state index contributed by atoms with van der Waals surface area (Å²) in [6.45, 7) is 6.89. The van der Waals surface area contributed by atoms with Gasteiger partial charge < -0.3 is 9.05 Å². The fourth-order valence-corrected chi connectivity index (χ4v) is 6.42. The van der Waals surface area contributed by atoms with Crippen molar-refractivity contribution in [3.8, 4) is 0 Å². The van der Waals surface area contributed by atoms with Crippen LogP contribution in [0.1, 0.15) is 65.7 Å². The maximum absolute atomic E-state index is 12.7. The van der Waals surface area contributed by atoms with Crippen LogP contribution in [0.3, 0.4) is 0 Å². The number of carbonyl (C=O) groups excluding carboxylic acids is 2. The van der Waals surface area contributed by atoms with Crippen LogP contribution in [0.25, 0.3) is 0 Å². The van der Waals surface area contributed by atoms with Crippen LogP contribution in [0.15, 0.2) is 0 Å². The van der Waals surface area contributed by atoms with Gasteiger partial charge in [-0.1, -0.05) is 27.2 Å². The smallest absolute Gasteiger partial charge is 0.312 e. The van der Waals surface area contributed by atoms with Crippen LogP contribution in [0.2, 0.25) is 0 Å². The van der Waals surface area contributed by atoms with E-state index in [0.717, 1.165) is 19.3 Å². The van der Waals surface area contributed by atoms with Crippen LogP contribution in [0.4, 0.5) is 0 Å².